The van der Waals surface area contributed by atoms with Crippen molar-refractivity contribution in [1.82, 2.24) is 0 Å². The molecule has 37 heavy (non-hydrogen) atoms. The van der Waals surface area contributed by atoms with Crippen molar-refractivity contribution in [2.45, 2.75) is 89.4 Å². The number of rotatable bonds is 5. The van der Waals surface area contributed by atoms with Crippen molar-refractivity contribution < 1.29 is 0 Å². The Morgan fingerprint density at radius 1 is 0.622 bits per heavy atom. The topological polar surface area (TPSA) is 0 Å². The summed E-state index contributed by atoms with van der Waals surface area (Å²) in [5.74, 6) is 0.772. The van der Waals surface area contributed by atoms with E-state index in [2.05, 4.69) is 133 Å². The zero-order chi connectivity index (χ0) is 26.4. The van der Waals surface area contributed by atoms with Gasteiger partial charge in [0.2, 0.25) is 0 Å². The quantitative estimate of drug-likeness (QED) is 0.227. The Kier molecular flexibility index (Phi) is 7.57. The standard InChI is InChI=1S/C35H44P2/c1-25(37(34(2,3)4)35(5,6)7)28-21-14-24-31(28)36(32-22-12-17-26-15-8-10-19-29(26)32)33-23-13-18-27-16-9-11-20-30(27)33/h8-13,15-20,22-23,25,28,31H,14,21,24H2,1-7H3. The van der Waals surface area contributed by atoms with E-state index < -0.39 is 7.92 Å². The van der Waals surface area contributed by atoms with E-state index in [1.807, 2.05) is 0 Å². The largest absolute Gasteiger partial charge is 0.0924 e. The molecule has 0 spiro atoms. The molecule has 3 atom stereocenters. The first-order valence-electron chi connectivity index (χ1n) is 14.1. The lowest BCUT2D eigenvalue weighted by Gasteiger charge is -2.49. The van der Waals surface area contributed by atoms with Gasteiger partial charge in [0.15, 0.2) is 0 Å². The summed E-state index contributed by atoms with van der Waals surface area (Å²) in [5.41, 5.74) is 1.47. The fraction of sp³-hybridized carbons (Fsp3) is 0.429. The Morgan fingerprint density at radius 2 is 1.08 bits per heavy atom. The van der Waals surface area contributed by atoms with Gasteiger partial charge in [0.1, 0.15) is 0 Å². The second-order valence-corrected chi connectivity index (χ2v) is 19.6. The van der Waals surface area contributed by atoms with Gasteiger partial charge in [0.25, 0.3) is 0 Å². The van der Waals surface area contributed by atoms with Crippen molar-refractivity contribution in [3.63, 3.8) is 0 Å². The average Bonchev–Trinajstić information content (AvgIpc) is 3.32. The van der Waals surface area contributed by atoms with Gasteiger partial charge in [0, 0.05) is 0 Å². The maximum Gasteiger partial charge on any atom is -0.00941 e. The van der Waals surface area contributed by atoms with Crippen LogP contribution in [-0.4, -0.2) is 21.6 Å². The third kappa shape index (κ3) is 5.27. The van der Waals surface area contributed by atoms with E-state index in [4.69, 9.17) is 0 Å². The van der Waals surface area contributed by atoms with E-state index in [-0.39, 0.29) is 7.92 Å². The Balaban J connectivity index is 1.70. The van der Waals surface area contributed by atoms with E-state index in [0.717, 1.165) is 17.2 Å². The lowest BCUT2D eigenvalue weighted by Crippen LogP contribution is -2.37. The van der Waals surface area contributed by atoms with Gasteiger partial charge in [-0.2, -0.15) is 0 Å². The van der Waals surface area contributed by atoms with E-state index in [0.29, 0.717) is 10.3 Å². The smallest absolute Gasteiger partial charge is 0.00941 e. The zero-order valence-electron chi connectivity index (χ0n) is 23.8. The van der Waals surface area contributed by atoms with Gasteiger partial charge in [-0.15, -0.1) is 0 Å². The summed E-state index contributed by atoms with van der Waals surface area (Å²) < 4.78 is 0. The Labute approximate surface area is 227 Å². The van der Waals surface area contributed by atoms with Crippen LogP contribution in [0.4, 0.5) is 0 Å². The third-order valence-corrected chi connectivity index (χ3v) is 15.6. The number of fused-ring (bicyclic) bond motifs is 2. The van der Waals surface area contributed by atoms with Crippen LogP contribution in [-0.2, 0) is 0 Å². The van der Waals surface area contributed by atoms with Crippen LogP contribution in [0.5, 0.6) is 0 Å². The van der Waals surface area contributed by atoms with Gasteiger partial charge >= 0.3 is 0 Å². The monoisotopic (exact) mass is 526 g/mol. The number of hydrogen-bond acceptors (Lipinski definition) is 0. The molecule has 2 heteroatoms. The molecule has 1 fully saturated rings. The van der Waals surface area contributed by atoms with E-state index in [1.54, 1.807) is 10.6 Å². The Hall–Kier alpha value is -1.74. The van der Waals surface area contributed by atoms with Crippen LogP contribution in [0.2, 0.25) is 0 Å². The maximum atomic E-state index is 2.63. The molecule has 5 rings (SSSR count). The van der Waals surface area contributed by atoms with Crippen LogP contribution in [0.15, 0.2) is 84.9 Å². The average molecular weight is 527 g/mol. The zero-order valence-corrected chi connectivity index (χ0v) is 25.6. The highest BCUT2D eigenvalue weighted by Gasteiger charge is 2.46. The molecule has 0 nitrogen and oxygen atoms in total. The highest BCUT2D eigenvalue weighted by atomic mass is 31.1. The van der Waals surface area contributed by atoms with Crippen LogP contribution in [0.25, 0.3) is 21.5 Å². The summed E-state index contributed by atoms with van der Waals surface area (Å²) in [5, 5.41) is 9.54. The van der Waals surface area contributed by atoms with E-state index >= 15 is 0 Å². The van der Waals surface area contributed by atoms with Crippen molar-refractivity contribution in [2.24, 2.45) is 5.92 Å². The SMILES string of the molecule is CC(C1CCCC1P(c1cccc2ccccc12)c1cccc2ccccc12)P(C(C)(C)C)C(C)(C)C. The van der Waals surface area contributed by atoms with Crippen LogP contribution in [0, 0.1) is 5.92 Å². The van der Waals surface area contributed by atoms with E-state index in [9.17, 15) is 0 Å². The molecule has 0 heterocycles. The molecule has 1 saturated carbocycles. The fourth-order valence-electron chi connectivity index (χ4n) is 7.60. The molecule has 1 aliphatic rings. The predicted octanol–water partition coefficient (Wildman–Crippen LogP) is 10.1. The first-order valence-corrected chi connectivity index (χ1v) is 16.9. The van der Waals surface area contributed by atoms with Gasteiger partial charge in [-0.25, -0.2) is 0 Å². The van der Waals surface area contributed by atoms with Gasteiger partial charge in [-0.05, 0) is 80.5 Å². The van der Waals surface area contributed by atoms with Crippen molar-refractivity contribution in [3.8, 4) is 0 Å². The lowest BCUT2D eigenvalue weighted by molar-refractivity contribution is 0.527. The first kappa shape index (κ1) is 26.9. The molecule has 0 radical (unpaired) electrons. The van der Waals surface area contributed by atoms with Crippen LogP contribution >= 0.6 is 15.8 Å². The predicted molar refractivity (Wildman–Crippen MR) is 171 cm³/mol. The normalized spacial score (nSPS) is 19.8. The molecule has 0 amide bonds. The molecule has 3 unspecified atom stereocenters. The van der Waals surface area contributed by atoms with Crippen molar-refractivity contribution in [1.29, 1.82) is 0 Å². The van der Waals surface area contributed by atoms with E-state index in [1.165, 1.54) is 40.8 Å². The maximum absolute atomic E-state index is 2.63. The van der Waals surface area contributed by atoms with Crippen molar-refractivity contribution >= 4 is 48.0 Å². The second kappa shape index (κ2) is 10.4. The second-order valence-electron chi connectivity index (χ2n) is 13.0. The fourth-order valence-corrected chi connectivity index (χ4v) is 16.6. The van der Waals surface area contributed by atoms with Gasteiger partial charge in [-0.3, -0.25) is 0 Å². The highest BCUT2D eigenvalue weighted by Crippen LogP contribution is 2.67. The van der Waals surface area contributed by atoms with Gasteiger partial charge in [0.05, 0.1) is 0 Å². The van der Waals surface area contributed by atoms with Crippen molar-refractivity contribution in [3.05, 3.63) is 84.9 Å². The Bertz CT molecular complexity index is 1270. The molecule has 0 bridgehead atoms. The van der Waals surface area contributed by atoms with Crippen LogP contribution < -0.4 is 10.6 Å². The molecular weight excluding hydrogens is 482 g/mol. The molecule has 0 aromatic heterocycles. The molecule has 194 valence electrons. The summed E-state index contributed by atoms with van der Waals surface area (Å²) in [6.45, 7) is 17.6. The molecule has 0 saturated heterocycles. The lowest BCUT2D eigenvalue weighted by atomic mass is 10.0. The molecule has 0 aliphatic heterocycles. The molecule has 4 aromatic carbocycles. The summed E-state index contributed by atoms with van der Waals surface area (Å²) in [6.07, 6.45) is 4.10. The van der Waals surface area contributed by atoms with Gasteiger partial charge in [-0.1, -0.05) is 148 Å². The molecule has 0 N–H and O–H groups in total. The molecular formula is C35H44P2. The first-order chi connectivity index (χ1) is 17.6. The molecule has 1 aliphatic carbocycles. The summed E-state index contributed by atoms with van der Waals surface area (Å²) in [4.78, 5) is 0. The van der Waals surface area contributed by atoms with Gasteiger partial charge < -0.3 is 0 Å². The van der Waals surface area contributed by atoms with Crippen LogP contribution in [0.1, 0.15) is 67.7 Å². The Morgan fingerprint density at radius 3 is 1.57 bits per heavy atom. The molecule has 4 aromatic rings. The minimum atomic E-state index is -0.509. The summed E-state index contributed by atoms with van der Waals surface area (Å²) in [7, 11) is -0.672. The minimum Gasteiger partial charge on any atom is -0.0924 e. The summed E-state index contributed by atoms with van der Waals surface area (Å²) in [6, 6.07) is 32.3. The van der Waals surface area contributed by atoms with Crippen molar-refractivity contribution in [2.75, 3.05) is 0 Å². The number of benzene rings is 4. The summed E-state index contributed by atoms with van der Waals surface area (Å²) >= 11 is 0. The van der Waals surface area contributed by atoms with Crippen LogP contribution in [0.3, 0.4) is 0 Å². The highest BCUT2D eigenvalue weighted by molar-refractivity contribution is 7.74. The third-order valence-electron chi connectivity index (χ3n) is 8.39. The number of hydrogen-bond donors (Lipinski definition) is 0. The minimum absolute atomic E-state index is 0.163.